The highest BCUT2D eigenvalue weighted by Gasteiger charge is 2.11. The molecule has 72 valence electrons. The normalized spacial score (nSPS) is 10.7. The molecule has 0 atom stereocenters. The highest BCUT2D eigenvalue weighted by molar-refractivity contribution is 5.82. The molecule has 2 aromatic rings. The lowest BCUT2D eigenvalue weighted by molar-refractivity contribution is 0.638. The number of halogens is 1. The van der Waals surface area contributed by atoms with Gasteiger partial charge in [-0.15, -0.1) is 0 Å². The number of hydrogen-bond donors (Lipinski definition) is 0. The Hall–Kier alpha value is -1.71. The number of benzene rings is 1. The second-order valence-corrected chi connectivity index (χ2v) is 3.09. The second-order valence-electron chi connectivity index (χ2n) is 3.09. The van der Waals surface area contributed by atoms with E-state index in [1.54, 1.807) is 17.8 Å². The average molecular weight is 191 g/mol. The first-order valence-electron chi connectivity index (χ1n) is 4.26. The zero-order chi connectivity index (χ0) is 10.1. The number of hydrogen-bond acceptors (Lipinski definition) is 2. The molecular formula is C10H10FN3. The molecule has 0 fully saturated rings. The van der Waals surface area contributed by atoms with Crippen molar-refractivity contribution in [1.82, 2.24) is 9.78 Å². The van der Waals surface area contributed by atoms with Gasteiger partial charge in [0, 0.05) is 7.05 Å². The van der Waals surface area contributed by atoms with Crippen molar-refractivity contribution in [2.24, 2.45) is 12.0 Å². The van der Waals surface area contributed by atoms with Gasteiger partial charge in [0.1, 0.15) is 5.82 Å². The Bertz CT molecular complexity index is 487. The van der Waals surface area contributed by atoms with Gasteiger partial charge in [-0.25, -0.2) is 4.39 Å². The molecule has 0 saturated carbocycles. The molecule has 14 heavy (non-hydrogen) atoms. The van der Waals surface area contributed by atoms with E-state index in [-0.39, 0.29) is 5.82 Å². The van der Waals surface area contributed by atoms with Crippen molar-refractivity contribution in [1.29, 1.82) is 0 Å². The maximum absolute atomic E-state index is 13.5. The van der Waals surface area contributed by atoms with Gasteiger partial charge < -0.3 is 0 Å². The van der Waals surface area contributed by atoms with Crippen molar-refractivity contribution in [2.75, 3.05) is 0 Å². The molecule has 0 amide bonds. The fourth-order valence-electron chi connectivity index (χ4n) is 1.57. The van der Waals surface area contributed by atoms with Crippen LogP contribution in [0.1, 0.15) is 5.69 Å². The molecule has 1 aromatic carbocycles. The molecule has 0 spiro atoms. The Morgan fingerprint density at radius 3 is 3.07 bits per heavy atom. The molecule has 0 unspecified atom stereocenters. The standard InChI is InChI=1S/C10H10FN3/c1-12-6-8-10-7(11)4-3-5-9(10)14(2)13-8/h3-5H,1,6H2,2H3. The summed E-state index contributed by atoms with van der Waals surface area (Å²) in [5.74, 6) is -0.255. The molecule has 1 heterocycles. The van der Waals surface area contributed by atoms with Gasteiger partial charge in [-0.2, -0.15) is 5.10 Å². The molecule has 3 nitrogen and oxygen atoms in total. The van der Waals surface area contributed by atoms with Gasteiger partial charge in [0.05, 0.1) is 23.1 Å². The van der Waals surface area contributed by atoms with Crippen LogP contribution < -0.4 is 0 Å². The van der Waals surface area contributed by atoms with E-state index in [1.807, 2.05) is 6.07 Å². The van der Waals surface area contributed by atoms with Gasteiger partial charge in [0.15, 0.2) is 0 Å². The molecule has 0 N–H and O–H groups in total. The van der Waals surface area contributed by atoms with Crippen LogP contribution in [0.15, 0.2) is 23.2 Å². The quantitative estimate of drug-likeness (QED) is 0.667. The number of aromatic nitrogens is 2. The molecule has 0 aliphatic heterocycles. The summed E-state index contributed by atoms with van der Waals surface area (Å²) in [6.07, 6.45) is 0. The highest BCUT2D eigenvalue weighted by atomic mass is 19.1. The van der Waals surface area contributed by atoms with E-state index in [9.17, 15) is 4.39 Å². The third-order valence-electron chi connectivity index (χ3n) is 2.16. The highest BCUT2D eigenvalue weighted by Crippen LogP contribution is 2.21. The van der Waals surface area contributed by atoms with Crippen LogP contribution in [0.3, 0.4) is 0 Å². The van der Waals surface area contributed by atoms with Crippen molar-refractivity contribution in [2.45, 2.75) is 6.54 Å². The minimum absolute atomic E-state index is 0.255. The number of rotatable bonds is 2. The summed E-state index contributed by atoms with van der Waals surface area (Å²) in [5, 5.41) is 4.73. The van der Waals surface area contributed by atoms with Crippen LogP contribution in [0.2, 0.25) is 0 Å². The molecule has 1 aromatic heterocycles. The van der Waals surface area contributed by atoms with Crippen LogP contribution >= 0.6 is 0 Å². The SMILES string of the molecule is C=NCc1nn(C)c2cccc(F)c12. The Morgan fingerprint density at radius 1 is 1.57 bits per heavy atom. The summed E-state index contributed by atoms with van der Waals surface area (Å²) < 4.78 is 15.1. The molecular weight excluding hydrogens is 181 g/mol. The van der Waals surface area contributed by atoms with E-state index in [2.05, 4.69) is 16.8 Å². The van der Waals surface area contributed by atoms with E-state index < -0.39 is 0 Å². The zero-order valence-electron chi connectivity index (χ0n) is 7.87. The number of aryl methyl sites for hydroxylation is 1. The Balaban J connectivity index is 2.78. The maximum Gasteiger partial charge on any atom is 0.134 e. The molecule has 2 rings (SSSR count). The first-order chi connectivity index (χ1) is 6.74. The fourth-order valence-corrected chi connectivity index (χ4v) is 1.57. The Morgan fingerprint density at radius 2 is 2.36 bits per heavy atom. The number of nitrogens with zero attached hydrogens (tertiary/aromatic N) is 3. The molecule has 0 aliphatic carbocycles. The van der Waals surface area contributed by atoms with Crippen molar-refractivity contribution in [3.05, 3.63) is 29.7 Å². The molecule has 4 heteroatoms. The Kier molecular flexibility index (Phi) is 2.04. The summed E-state index contributed by atoms with van der Waals surface area (Å²) >= 11 is 0. The summed E-state index contributed by atoms with van der Waals surface area (Å²) in [6.45, 7) is 3.73. The average Bonchev–Trinajstić information content (AvgIpc) is 2.46. The van der Waals surface area contributed by atoms with Gasteiger partial charge >= 0.3 is 0 Å². The van der Waals surface area contributed by atoms with Gasteiger partial charge in [0.25, 0.3) is 0 Å². The van der Waals surface area contributed by atoms with Gasteiger partial charge in [-0.1, -0.05) is 6.07 Å². The monoisotopic (exact) mass is 191 g/mol. The topological polar surface area (TPSA) is 30.2 Å². The third kappa shape index (κ3) is 1.19. The minimum Gasteiger partial charge on any atom is -0.294 e. The van der Waals surface area contributed by atoms with E-state index in [1.165, 1.54) is 6.07 Å². The van der Waals surface area contributed by atoms with E-state index >= 15 is 0 Å². The van der Waals surface area contributed by atoms with Crippen LogP contribution in [0.5, 0.6) is 0 Å². The van der Waals surface area contributed by atoms with E-state index in [0.29, 0.717) is 17.6 Å². The first kappa shape index (κ1) is 8.87. The minimum atomic E-state index is -0.255. The summed E-state index contributed by atoms with van der Waals surface area (Å²) in [6, 6.07) is 4.93. The van der Waals surface area contributed by atoms with Gasteiger partial charge in [0.2, 0.25) is 0 Å². The van der Waals surface area contributed by atoms with Crippen molar-refractivity contribution in [3.8, 4) is 0 Å². The van der Waals surface area contributed by atoms with Crippen molar-refractivity contribution < 1.29 is 4.39 Å². The molecule has 0 bridgehead atoms. The number of fused-ring (bicyclic) bond motifs is 1. The lowest BCUT2D eigenvalue weighted by Crippen LogP contribution is -1.90. The van der Waals surface area contributed by atoms with Crippen LogP contribution in [-0.4, -0.2) is 16.5 Å². The van der Waals surface area contributed by atoms with Gasteiger partial charge in [-0.3, -0.25) is 9.67 Å². The summed E-state index contributed by atoms with van der Waals surface area (Å²) in [5.41, 5.74) is 1.42. The van der Waals surface area contributed by atoms with Crippen molar-refractivity contribution >= 4 is 17.6 Å². The zero-order valence-corrected chi connectivity index (χ0v) is 7.87. The second kappa shape index (κ2) is 3.21. The lowest BCUT2D eigenvalue weighted by Gasteiger charge is -1.94. The number of aliphatic imine (C=N–C) groups is 1. The molecule has 0 saturated heterocycles. The third-order valence-corrected chi connectivity index (χ3v) is 2.16. The summed E-state index contributed by atoms with van der Waals surface area (Å²) in [7, 11) is 1.79. The fraction of sp³-hybridized carbons (Fsp3) is 0.200. The lowest BCUT2D eigenvalue weighted by atomic mass is 10.2. The van der Waals surface area contributed by atoms with Crippen LogP contribution in [0.4, 0.5) is 4.39 Å². The van der Waals surface area contributed by atoms with Crippen molar-refractivity contribution in [3.63, 3.8) is 0 Å². The smallest absolute Gasteiger partial charge is 0.134 e. The molecule has 0 radical (unpaired) electrons. The maximum atomic E-state index is 13.5. The van der Waals surface area contributed by atoms with Crippen LogP contribution in [-0.2, 0) is 13.6 Å². The predicted molar refractivity (Wildman–Crippen MR) is 53.9 cm³/mol. The largest absolute Gasteiger partial charge is 0.294 e. The first-order valence-corrected chi connectivity index (χ1v) is 4.26. The van der Waals surface area contributed by atoms with Crippen LogP contribution in [0.25, 0.3) is 10.9 Å². The molecule has 0 aliphatic rings. The Labute approximate surface area is 80.9 Å². The van der Waals surface area contributed by atoms with E-state index in [0.717, 1.165) is 5.52 Å². The predicted octanol–water partition coefficient (Wildman–Crippen LogP) is 1.91. The van der Waals surface area contributed by atoms with Crippen LogP contribution in [0, 0.1) is 5.82 Å². The van der Waals surface area contributed by atoms with E-state index in [4.69, 9.17) is 0 Å². The van der Waals surface area contributed by atoms with Gasteiger partial charge in [-0.05, 0) is 18.9 Å². The summed E-state index contributed by atoms with van der Waals surface area (Å²) in [4.78, 5) is 3.72.